The fourth-order valence-electron chi connectivity index (χ4n) is 3.99. The van der Waals surface area contributed by atoms with Crippen LogP contribution < -0.4 is 10.1 Å². The molecule has 2 aromatic carbocycles. The summed E-state index contributed by atoms with van der Waals surface area (Å²) in [5.41, 5.74) is 0.209. The van der Waals surface area contributed by atoms with Crippen LogP contribution in [0, 0.1) is 0 Å². The van der Waals surface area contributed by atoms with Crippen LogP contribution in [0.5, 0.6) is 5.75 Å². The van der Waals surface area contributed by atoms with Gasteiger partial charge in [0, 0.05) is 26.1 Å². The fourth-order valence-corrected chi connectivity index (χ4v) is 3.99. The molecule has 0 fully saturated rings. The van der Waals surface area contributed by atoms with Gasteiger partial charge in [0.25, 0.3) is 5.91 Å². The lowest BCUT2D eigenvalue weighted by Crippen LogP contribution is -2.48. The highest BCUT2D eigenvalue weighted by molar-refractivity contribution is 5.94. The Bertz CT molecular complexity index is 1150. The number of rotatable bonds is 6. The predicted octanol–water partition coefficient (Wildman–Crippen LogP) is 4.91. The Hall–Kier alpha value is -3.40. The smallest absolute Gasteiger partial charge is 0.484 e. The Kier molecular flexibility index (Phi) is 8.63. The van der Waals surface area contributed by atoms with Gasteiger partial charge in [0.05, 0.1) is 18.7 Å². The van der Waals surface area contributed by atoms with E-state index in [-0.39, 0.29) is 12.5 Å². The molecule has 0 saturated carbocycles. The van der Waals surface area contributed by atoms with E-state index in [1.807, 2.05) is 11.8 Å². The van der Waals surface area contributed by atoms with Gasteiger partial charge in [-0.25, -0.2) is 0 Å². The molecule has 1 aliphatic rings. The lowest BCUT2D eigenvalue weighted by Gasteiger charge is -2.30. The van der Waals surface area contributed by atoms with Gasteiger partial charge >= 0.3 is 12.3 Å². The minimum atomic E-state index is -4.49. The summed E-state index contributed by atoms with van der Waals surface area (Å²) in [7, 11) is 1.53. The maximum absolute atomic E-state index is 13.4. The van der Waals surface area contributed by atoms with E-state index in [9.17, 15) is 22.8 Å². The largest absolute Gasteiger partial charge is 0.596 e. The first-order valence-corrected chi connectivity index (χ1v) is 12.0. The summed E-state index contributed by atoms with van der Waals surface area (Å²) in [5, 5.41) is 2.54. The Labute approximate surface area is 214 Å². The van der Waals surface area contributed by atoms with Gasteiger partial charge in [-0.15, -0.1) is 4.58 Å². The highest BCUT2D eigenvalue weighted by Crippen LogP contribution is 2.32. The molecule has 2 amide bonds. The highest BCUT2D eigenvalue weighted by Gasteiger charge is 2.35. The second-order valence-electron chi connectivity index (χ2n) is 9.94. The SMILES string of the molecule is CNC(=O)c1ccc(OC(CN2CC[N+](C(=O)OC(C)(C)C)=C(C)C2)c2cccc(C(F)(F)F)c2)cc1. The molecular formula is C27H33F3N3O4+. The fraction of sp³-hybridized carbons (Fsp3) is 0.444. The van der Waals surface area contributed by atoms with Crippen LogP contribution >= 0.6 is 0 Å². The number of ether oxygens (including phenoxy) is 2. The molecule has 200 valence electrons. The average molecular weight is 521 g/mol. The first kappa shape index (κ1) is 28.2. The van der Waals surface area contributed by atoms with Crippen molar-refractivity contribution in [2.75, 3.05) is 33.2 Å². The molecule has 1 heterocycles. The molecule has 0 saturated heterocycles. The van der Waals surface area contributed by atoms with E-state index >= 15 is 0 Å². The molecule has 3 rings (SSSR count). The zero-order chi connectivity index (χ0) is 27.4. The normalized spacial score (nSPS) is 15.8. The van der Waals surface area contributed by atoms with E-state index in [1.165, 1.54) is 13.1 Å². The molecule has 0 spiro atoms. The summed E-state index contributed by atoms with van der Waals surface area (Å²) in [5.74, 6) is 0.165. The molecule has 1 unspecified atom stereocenters. The van der Waals surface area contributed by atoms with Gasteiger partial charge in [-0.3, -0.25) is 9.69 Å². The number of nitrogens with one attached hydrogen (secondary N) is 1. The highest BCUT2D eigenvalue weighted by atomic mass is 19.4. The van der Waals surface area contributed by atoms with Gasteiger partial charge < -0.3 is 14.8 Å². The van der Waals surface area contributed by atoms with Crippen LogP contribution in [0.1, 0.15) is 55.3 Å². The molecule has 2 aromatic rings. The van der Waals surface area contributed by atoms with Crippen LogP contribution in [-0.2, 0) is 10.9 Å². The third-order valence-electron chi connectivity index (χ3n) is 5.80. The van der Waals surface area contributed by atoms with E-state index in [0.717, 1.165) is 17.8 Å². The molecule has 37 heavy (non-hydrogen) atoms. The summed E-state index contributed by atoms with van der Waals surface area (Å²) in [6.45, 7) is 8.82. The lowest BCUT2D eigenvalue weighted by molar-refractivity contribution is -0.458. The molecule has 1 atom stereocenters. The third kappa shape index (κ3) is 7.79. The molecular weight excluding hydrogens is 487 g/mol. The van der Waals surface area contributed by atoms with Crippen molar-refractivity contribution in [3.63, 3.8) is 0 Å². The summed E-state index contributed by atoms with van der Waals surface area (Å²) in [6.07, 6.45) is -5.64. The molecule has 10 heteroatoms. The van der Waals surface area contributed by atoms with Gasteiger partial charge in [-0.05, 0) is 62.7 Å². The second-order valence-corrected chi connectivity index (χ2v) is 9.94. The summed E-state index contributed by atoms with van der Waals surface area (Å²) < 4.78 is 53.5. The van der Waals surface area contributed by atoms with Crippen LogP contribution in [0.2, 0.25) is 0 Å². The van der Waals surface area contributed by atoms with Gasteiger partial charge in [0.2, 0.25) is 0 Å². The van der Waals surface area contributed by atoms with Crippen LogP contribution in [-0.4, -0.2) is 66.0 Å². The Morgan fingerprint density at radius 2 is 1.78 bits per heavy atom. The summed E-state index contributed by atoms with van der Waals surface area (Å²) >= 11 is 0. The van der Waals surface area contributed by atoms with Crippen LogP contribution in [0.3, 0.4) is 0 Å². The van der Waals surface area contributed by atoms with Gasteiger partial charge in [-0.1, -0.05) is 12.1 Å². The molecule has 1 N–H and O–H groups in total. The quantitative estimate of drug-likeness (QED) is 0.549. The van der Waals surface area contributed by atoms with Crippen molar-refractivity contribution in [3.05, 3.63) is 65.2 Å². The van der Waals surface area contributed by atoms with Crippen molar-refractivity contribution in [3.8, 4) is 5.75 Å². The Morgan fingerprint density at radius 1 is 1.11 bits per heavy atom. The molecule has 0 aromatic heterocycles. The van der Waals surface area contributed by atoms with Crippen molar-refractivity contribution in [1.82, 2.24) is 10.2 Å². The number of nitrogens with zero attached hydrogens (tertiary/aromatic N) is 2. The van der Waals surface area contributed by atoms with E-state index in [1.54, 1.807) is 55.7 Å². The van der Waals surface area contributed by atoms with Crippen LogP contribution in [0.15, 0.2) is 48.5 Å². The van der Waals surface area contributed by atoms with E-state index in [2.05, 4.69) is 5.32 Å². The van der Waals surface area contributed by atoms with E-state index in [4.69, 9.17) is 9.47 Å². The maximum atomic E-state index is 13.4. The van der Waals surface area contributed by atoms with Crippen molar-refractivity contribution in [1.29, 1.82) is 0 Å². The van der Waals surface area contributed by atoms with E-state index in [0.29, 0.717) is 36.5 Å². The van der Waals surface area contributed by atoms with Crippen molar-refractivity contribution < 1.29 is 36.8 Å². The number of halogens is 3. The van der Waals surface area contributed by atoms with E-state index < -0.39 is 29.5 Å². The topological polar surface area (TPSA) is 70.9 Å². The molecule has 0 aliphatic carbocycles. The van der Waals surface area contributed by atoms with Crippen molar-refractivity contribution in [2.45, 2.75) is 45.6 Å². The number of carbonyl (C=O) groups is 2. The van der Waals surface area contributed by atoms with Crippen molar-refractivity contribution in [2.24, 2.45) is 0 Å². The number of amides is 2. The maximum Gasteiger partial charge on any atom is 0.596 e. The van der Waals surface area contributed by atoms with Crippen LogP contribution in [0.25, 0.3) is 0 Å². The lowest BCUT2D eigenvalue weighted by atomic mass is 10.0. The van der Waals surface area contributed by atoms with Crippen molar-refractivity contribution >= 4 is 17.7 Å². The molecule has 0 bridgehead atoms. The number of benzene rings is 2. The zero-order valence-electron chi connectivity index (χ0n) is 21.7. The zero-order valence-corrected chi connectivity index (χ0v) is 21.7. The third-order valence-corrected chi connectivity index (χ3v) is 5.80. The van der Waals surface area contributed by atoms with Gasteiger partial charge in [0.15, 0.2) is 12.3 Å². The minimum absolute atomic E-state index is 0.255. The number of alkyl halides is 3. The number of carbonyl (C=O) groups excluding carboxylic acids is 2. The predicted molar refractivity (Wildman–Crippen MR) is 133 cm³/mol. The second kappa shape index (κ2) is 11.3. The molecule has 0 radical (unpaired) electrons. The number of hydrogen-bond acceptors (Lipinski definition) is 5. The Balaban J connectivity index is 1.84. The summed E-state index contributed by atoms with van der Waals surface area (Å²) in [6, 6.07) is 11.5. The number of hydrogen-bond donors (Lipinski definition) is 1. The van der Waals surface area contributed by atoms with Gasteiger partial charge in [0.1, 0.15) is 17.5 Å². The van der Waals surface area contributed by atoms with Gasteiger partial charge in [-0.2, -0.15) is 18.0 Å². The standard InChI is InChI=1S/C27H32F3N3O4/c1-18-16-32(13-14-33(18)25(35)37-26(2,3)4)17-23(20-7-6-8-21(15-20)27(28,29)30)36-22-11-9-19(10-12-22)24(34)31-5/h6-12,15,23H,13-14,16-17H2,1-5H3/p+1. The van der Waals surface area contributed by atoms with Crippen LogP contribution in [0.4, 0.5) is 18.0 Å². The first-order chi connectivity index (χ1) is 17.3. The average Bonchev–Trinajstić information content (AvgIpc) is 2.82. The molecule has 1 aliphatic heterocycles. The summed E-state index contributed by atoms with van der Waals surface area (Å²) in [4.78, 5) is 26.4. The monoisotopic (exact) mass is 520 g/mol. The Morgan fingerprint density at radius 3 is 2.35 bits per heavy atom. The minimum Gasteiger partial charge on any atom is -0.484 e. The first-order valence-electron chi connectivity index (χ1n) is 12.0. The molecule has 7 nitrogen and oxygen atoms in total.